The van der Waals surface area contributed by atoms with Crippen LogP contribution < -0.4 is 5.32 Å². The maximum atomic E-state index is 11.5. The monoisotopic (exact) mass is 229 g/mol. The van der Waals surface area contributed by atoms with Gasteiger partial charge in [-0.3, -0.25) is 4.79 Å². The van der Waals surface area contributed by atoms with Crippen molar-refractivity contribution in [1.82, 2.24) is 19.7 Å². The van der Waals surface area contributed by atoms with Crippen LogP contribution in [0, 0.1) is 0 Å². The van der Waals surface area contributed by atoms with Crippen LogP contribution in [0.5, 0.6) is 0 Å². The summed E-state index contributed by atoms with van der Waals surface area (Å²) in [5.74, 6) is 0.324. The Hall–Kier alpha value is -2.50. The molecule has 0 unspecified atom stereocenters. The van der Waals surface area contributed by atoms with Gasteiger partial charge in [0, 0.05) is 6.20 Å². The van der Waals surface area contributed by atoms with Crippen molar-refractivity contribution in [3.8, 4) is 5.82 Å². The molecule has 17 heavy (non-hydrogen) atoms. The van der Waals surface area contributed by atoms with Gasteiger partial charge >= 0.3 is 0 Å². The van der Waals surface area contributed by atoms with E-state index in [1.165, 1.54) is 23.4 Å². The first-order valence-corrected chi connectivity index (χ1v) is 5.05. The summed E-state index contributed by atoms with van der Waals surface area (Å²) in [6.45, 7) is 1.78. The van der Waals surface area contributed by atoms with E-state index in [2.05, 4.69) is 20.4 Å². The number of allylic oxidation sites excluding steroid dienone is 1. The molecular formula is C11H11N5O. The molecule has 0 saturated heterocycles. The molecule has 0 aliphatic heterocycles. The smallest absolute Gasteiger partial charge is 0.248 e. The molecule has 1 amide bonds. The van der Waals surface area contributed by atoms with Gasteiger partial charge in [-0.1, -0.05) is 6.08 Å². The number of hydrogen-bond donors (Lipinski definition) is 1. The minimum atomic E-state index is -0.207. The van der Waals surface area contributed by atoms with E-state index in [0.717, 1.165) is 0 Å². The quantitative estimate of drug-likeness (QED) is 0.802. The molecule has 0 fully saturated rings. The second kappa shape index (κ2) is 5.02. The van der Waals surface area contributed by atoms with E-state index in [4.69, 9.17) is 0 Å². The Kier molecular flexibility index (Phi) is 3.25. The fraction of sp³-hybridized carbons (Fsp3) is 0.0909. The second-order valence-electron chi connectivity index (χ2n) is 3.20. The van der Waals surface area contributed by atoms with Gasteiger partial charge in [0.05, 0.1) is 5.69 Å². The summed E-state index contributed by atoms with van der Waals surface area (Å²) in [6.07, 6.45) is 7.67. The van der Waals surface area contributed by atoms with E-state index >= 15 is 0 Å². The Morgan fingerprint density at radius 2 is 2.41 bits per heavy atom. The van der Waals surface area contributed by atoms with Crippen molar-refractivity contribution in [2.75, 3.05) is 5.32 Å². The van der Waals surface area contributed by atoms with E-state index in [9.17, 15) is 4.79 Å². The van der Waals surface area contributed by atoms with Gasteiger partial charge in [-0.25, -0.2) is 14.6 Å². The lowest BCUT2D eigenvalue weighted by atomic mass is 10.3. The van der Waals surface area contributed by atoms with Crippen molar-refractivity contribution in [3.05, 3.63) is 43.1 Å². The molecule has 0 aromatic carbocycles. The molecule has 1 N–H and O–H groups in total. The highest BCUT2D eigenvalue weighted by molar-refractivity contribution is 6.00. The molecule has 6 heteroatoms. The number of carbonyl (C=O) groups excluding carboxylic acids is 1. The van der Waals surface area contributed by atoms with Crippen molar-refractivity contribution in [2.45, 2.75) is 6.92 Å². The third-order valence-corrected chi connectivity index (χ3v) is 2.00. The van der Waals surface area contributed by atoms with E-state index < -0.39 is 0 Å². The summed E-state index contributed by atoms with van der Waals surface area (Å²) in [4.78, 5) is 19.5. The molecule has 0 aliphatic carbocycles. The van der Waals surface area contributed by atoms with Gasteiger partial charge in [0.15, 0.2) is 5.82 Å². The Bertz CT molecular complexity index is 533. The predicted octanol–water partition coefficient (Wildman–Crippen LogP) is 1.18. The minimum Gasteiger partial charge on any atom is -0.319 e. The number of amides is 1. The summed E-state index contributed by atoms with van der Waals surface area (Å²) in [6, 6.07) is 3.50. The van der Waals surface area contributed by atoms with E-state index in [-0.39, 0.29) is 5.91 Å². The minimum absolute atomic E-state index is 0.207. The average molecular weight is 229 g/mol. The second-order valence-corrected chi connectivity index (χ2v) is 3.20. The molecule has 0 bridgehead atoms. The lowest BCUT2D eigenvalue weighted by molar-refractivity contribution is -0.111. The first-order valence-electron chi connectivity index (χ1n) is 5.05. The van der Waals surface area contributed by atoms with Gasteiger partial charge in [0.25, 0.3) is 0 Å². The van der Waals surface area contributed by atoms with Gasteiger partial charge in [0.1, 0.15) is 12.7 Å². The van der Waals surface area contributed by atoms with Gasteiger partial charge < -0.3 is 5.32 Å². The summed E-state index contributed by atoms with van der Waals surface area (Å²) in [5, 5.41) is 6.70. The summed E-state index contributed by atoms with van der Waals surface area (Å²) < 4.78 is 1.49. The zero-order valence-electron chi connectivity index (χ0n) is 9.24. The number of nitrogens with zero attached hydrogens (tertiary/aromatic N) is 4. The van der Waals surface area contributed by atoms with Crippen molar-refractivity contribution in [2.24, 2.45) is 0 Å². The van der Waals surface area contributed by atoms with Crippen LogP contribution in [0.25, 0.3) is 5.82 Å². The number of anilines is 1. The molecule has 0 saturated carbocycles. The van der Waals surface area contributed by atoms with Gasteiger partial charge in [-0.2, -0.15) is 5.10 Å². The van der Waals surface area contributed by atoms with Crippen molar-refractivity contribution in [1.29, 1.82) is 0 Å². The molecule has 0 radical (unpaired) electrons. The maximum absolute atomic E-state index is 11.5. The molecule has 2 aromatic heterocycles. The molecule has 86 valence electrons. The number of nitrogens with one attached hydrogen (secondary N) is 1. The Labute approximate surface area is 98.0 Å². The third-order valence-electron chi connectivity index (χ3n) is 2.00. The van der Waals surface area contributed by atoms with Gasteiger partial charge in [-0.05, 0) is 25.1 Å². The normalized spacial score (nSPS) is 10.6. The molecule has 0 spiro atoms. The lowest BCUT2D eigenvalue weighted by Gasteiger charge is -2.07. The molecular weight excluding hydrogens is 218 g/mol. The molecule has 6 nitrogen and oxygen atoms in total. The molecule has 0 atom stereocenters. The van der Waals surface area contributed by atoms with E-state index in [0.29, 0.717) is 11.5 Å². The molecule has 2 heterocycles. The fourth-order valence-electron chi connectivity index (χ4n) is 1.32. The summed E-state index contributed by atoms with van der Waals surface area (Å²) in [7, 11) is 0. The van der Waals surface area contributed by atoms with Crippen LogP contribution >= 0.6 is 0 Å². The molecule has 2 rings (SSSR count). The van der Waals surface area contributed by atoms with Crippen LogP contribution in [0.2, 0.25) is 0 Å². The average Bonchev–Trinajstić information content (AvgIpc) is 2.83. The zero-order valence-corrected chi connectivity index (χ0v) is 9.24. The highest BCUT2D eigenvalue weighted by Gasteiger charge is 2.07. The van der Waals surface area contributed by atoms with Crippen molar-refractivity contribution < 1.29 is 4.79 Å². The number of aromatic nitrogens is 4. The summed E-state index contributed by atoms with van der Waals surface area (Å²) >= 11 is 0. The molecule has 0 aliphatic rings. The third kappa shape index (κ3) is 2.54. The highest BCUT2D eigenvalue weighted by atomic mass is 16.1. The number of carbonyl (C=O) groups is 1. The first-order chi connectivity index (χ1) is 8.31. The van der Waals surface area contributed by atoms with Crippen LogP contribution in [-0.2, 0) is 4.79 Å². The Morgan fingerprint density at radius 3 is 3.12 bits per heavy atom. The largest absolute Gasteiger partial charge is 0.319 e. The van der Waals surface area contributed by atoms with Crippen LogP contribution in [0.4, 0.5) is 5.69 Å². The van der Waals surface area contributed by atoms with Crippen LogP contribution in [0.15, 0.2) is 43.1 Å². The van der Waals surface area contributed by atoms with E-state index in [1.807, 2.05) is 0 Å². The zero-order chi connectivity index (χ0) is 12.1. The topological polar surface area (TPSA) is 72.7 Å². The predicted molar refractivity (Wildman–Crippen MR) is 62.6 cm³/mol. The SMILES string of the molecule is CC=CC(=O)Nc1cccnc1-n1cncn1. The highest BCUT2D eigenvalue weighted by Crippen LogP contribution is 2.15. The van der Waals surface area contributed by atoms with Crippen LogP contribution in [0.1, 0.15) is 6.92 Å². The maximum Gasteiger partial charge on any atom is 0.248 e. The number of rotatable bonds is 3. The van der Waals surface area contributed by atoms with E-state index in [1.54, 1.807) is 31.3 Å². The van der Waals surface area contributed by atoms with Crippen LogP contribution in [0.3, 0.4) is 0 Å². The van der Waals surface area contributed by atoms with Crippen LogP contribution in [-0.4, -0.2) is 25.7 Å². The van der Waals surface area contributed by atoms with Crippen molar-refractivity contribution in [3.63, 3.8) is 0 Å². The Balaban J connectivity index is 2.32. The lowest BCUT2D eigenvalue weighted by Crippen LogP contribution is -2.11. The number of hydrogen-bond acceptors (Lipinski definition) is 4. The summed E-state index contributed by atoms with van der Waals surface area (Å²) in [5.41, 5.74) is 0.584. The Morgan fingerprint density at radius 1 is 1.53 bits per heavy atom. The van der Waals surface area contributed by atoms with Gasteiger partial charge in [0.2, 0.25) is 5.91 Å². The fourth-order valence-corrected chi connectivity index (χ4v) is 1.32. The standard InChI is InChI=1S/C11H11N5O/c1-2-4-10(17)15-9-5-3-6-13-11(9)16-8-12-7-14-16/h2-8H,1H3,(H,15,17). The molecule has 2 aromatic rings. The number of pyridine rings is 1. The van der Waals surface area contributed by atoms with Gasteiger partial charge in [-0.15, -0.1) is 0 Å². The van der Waals surface area contributed by atoms with Crippen molar-refractivity contribution >= 4 is 11.6 Å². The first kappa shape index (κ1) is 11.0.